The molecule has 2 fully saturated rings. The Labute approximate surface area is 186 Å². The van der Waals surface area contributed by atoms with Gasteiger partial charge in [0.1, 0.15) is 0 Å². The number of nitrogens with zero attached hydrogens (tertiary/aromatic N) is 2. The monoisotopic (exact) mass is 434 g/mol. The van der Waals surface area contributed by atoms with Crippen molar-refractivity contribution >= 4 is 35.0 Å². The van der Waals surface area contributed by atoms with Gasteiger partial charge in [-0.15, -0.1) is 0 Å². The maximum Gasteiger partial charge on any atom is 0.227 e. The Hall–Kier alpha value is -3.68. The van der Waals surface area contributed by atoms with E-state index in [4.69, 9.17) is 0 Å². The van der Waals surface area contributed by atoms with E-state index in [0.29, 0.717) is 13.1 Å². The molecule has 166 valence electrons. The van der Waals surface area contributed by atoms with Crippen LogP contribution in [-0.4, -0.2) is 49.8 Å². The van der Waals surface area contributed by atoms with Crippen LogP contribution >= 0.6 is 0 Å². The van der Waals surface area contributed by atoms with E-state index < -0.39 is 11.8 Å². The number of rotatable bonds is 7. The van der Waals surface area contributed by atoms with Crippen molar-refractivity contribution in [1.82, 2.24) is 10.6 Å². The van der Waals surface area contributed by atoms with Crippen molar-refractivity contribution in [2.24, 2.45) is 11.8 Å². The molecule has 2 saturated heterocycles. The van der Waals surface area contributed by atoms with E-state index in [2.05, 4.69) is 10.6 Å². The summed E-state index contributed by atoms with van der Waals surface area (Å²) in [4.78, 5) is 52.7. The molecule has 0 saturated carbocycles. The summed E-state index contributed by atoms with van der Waals surface area (Å²) in [5, 5.41) is 5.59. The SMILES string of the molecule is O=C(NCCNC(=O)[C@H]1CC(=O)N(c2ccccc2)C1)[C@@H]1CC(=O)N(c2ccccc2)C1. The topological polar surface area (TPSA) is 98.8 Å². The van der Waals surface area contributed by atoms with Gasteiger partial charge in [0.15, 0.2) is 0 Å². The molecule has 0 aromatic heterocycles. The second-order valence-corrected chi connectivity index (χ2v) is 8.06. The molecule has 8 heteroatoms. The molecule has 4 amide bonds. The fourth-order valence-corrected chi connectivity index (χ4v) is 4.14. The highest BCUT2D eigenvalue weighted by Crippen LogP contribution is 2.26. The first-order valence-corrected chi connectivity index (χ1v) is 10.8. The predicted molar refractivity (Wildman–Crippen MR) is 120 cm³/mol. The molecule has 4 rings (SSSR count). The Morgan fingerprint density at radius 3 is 1.44 bits per heavy atom. The van der Waals surface area contributed by atoms with Gasteiger partial charge in [0.2, 0.25) is 23.6 Å². The average Bonchev–Trinajstić information content (AvgIpc) is 3.40. The number of carbonyl (C=O) groups is 4. The van der Waals surface area contributed by atoms with E-state index in [1.807, 2.05) is 60.7 Å². The molecular weight excluding hydrogens is 408 g/mol. The molecule has 0 radical (unpaired) electrons. The summed E-state index contributed by atoms with van der Waals surface area (Å²) in [5.74, 6) is -1.36. The fourth-order valence-electron chi connectivity index (χ4n) is 4.14. The van der Waals surface area contributed by atoms with Gasteiger partial charge in [-0.1, -0.05) is 36.4 Å². The zero-order valence-corrected chi connectivity index (χ0v) is 17.7. The van der Waals surface area contributed by atoms with E-state index in [-0.39, 0.29) is 49.6 Å². The highest BCUT2D eigenvalue weighted by atomic mass is 16.2. The third kappa shape index (κ3) is 4.80. The summed E-state index contributed by atoms with van der Waals surface area (Å²) in [6, 6.07) is 18.6. The van der Waals surface area contributed by atoms with E-state index >= 15 is 0 Å². The lowest BCUT2D eigenvalue weighted by molar-refractivity contribution is -0.127. The van der Waals surface area contributed by atoms with Crippen LogP contribution in [0.4, 0.5) is 11.4 Å². The third-order valence-electron chi connectivity index (χ3n) is 5.85. The molecule has 32 heavy (non-hydrogen) atoms. The van der Waals surface area contributed by atoms with Gasteiger partial charge in [-0.05, 0) is 24.3 Å². The minimum Gasteiger partial charge on any atom is -0.354 e. The smallest absolute Gasteiger partial charge is 0.227 e. The number of amides is 4. The summed E-state index contributed by atoms with van der Waals surface area (Å²) in [6.07, 6.45) is 0.346. The van der Waals surface area contributed by atoms with Crippen LogP contribution in [0.2, 0.25) is 0 Å². The maximum atomic E-state index is 12.5. The maximum absolute atomic E-state index is 12.5. The van der Waals surface area contributed by atoms with Crippen LogP contribution < -0.4 is 20.4 Å². The van der Waals surface area contributed by atoms with Gasteiger partial charge in [0.25, 0.3) is 0 Å². The Morgan fingerprint density at radius 2 is 1.06 bits per heavy atom. The summed E-state index contributed by atoms with van der Waals surface area (Å²) in [5.41, 5.74) is 1.58. The van der Waals surface area contributed by atoms with Crippen LogP contribution in [0.25, 0.3) is 0 Å². The molecule has 2 aliphatic heterocycles. The first-order valence-electron chi connectivity index (χ1n) is 10.8. The Kier molecular flexibility index (Phi) is 6.49. The van der Waals surface area contributed by atoms with E-state index in [1.165, 1.54) is 0 Å². The van der Waals surface area contributed by atoms with Gasteiger partial charge in [-0.2, -0.15) is 0 Å². The minimum atomic E-state index is -0.412. The van der Waals surface area contributed by atoms with Crippen LogP contribution in [0.5, 0.6) is 0 Å². The van der Waals surface area contributed by atoms with E-state index in [0.717, 1.165) is 11.4 Å². The van der Waals surface area contributed by atoms with Crippen LogP contribution in [0.3, 0.4) is 0 Å². The molecule has 2 aromatic carbocycles. The predicted octanol–water partition coefficient (Wildman–Crippen LogP) is 1.33. The molecule has 2 atom stereocenters. The first kappa shape index (κ1) is 21.5. The Balaban J connectivity index is 1.19. The van der Waals surface area contributed by atoms with Gasteiger partial charge in [0.05, 0.1) is 11.8 Å². The molecule has 2 heterocycles. The van der Waals surface area contributed by atoms with Crippen molar-refractivity contribution < 1.29 is 19.2 Å². The second-order valence-electron chi connectivity index (χ2n) is 8.06. The second kappa shape index (κ2) is 9.64. The highest BCUT2D eigenvalue weighted by molar-refractivity contribution is 6.01. The molecule has 2 aliphatic rings. The van der Waals surface area contributed by atoms with Crippen molar-refractivity contribution in [1.29, 1.82) is 0 Å². The number of carbonyl (C=O) groups excluding carboxylic acids is 4. The molecule has 0 spiro atoms. The normalized spacial score (nSPS) is 20.5. The van der Waals surface area contributed by atoms with Crippen LogP contribution in [0.15, 0.2) is 60.7 Å². The number of anilines is 2. The minimum absolute atomic E-state index is 0.0708. The molecule has 2 aromatic rings. The van der Waals surface area contributed by atoms with Crippen LogP contribution in [0.1, 0.15) is 12.8 Å². The van der Waals surface area contributed by atoms with Crippen molar-refractivity contribution in [3.8, 4) is 0 Å². The molecule has 0 aliphatic carbocycles. The van der Waals surface area contributed by atoms with Gasteiger partial charge in [-0.3, -0.25) is 19.2 Å². The quantitative estimate of drug-likeness (QED) is 0.642. The molecule has 0 unspecified atom stereocenters. The van der Waals surface area contributed by atoms with Gasteiger partial charge < -0.3 is 20.4 Å². The number of nitrogens with one attached hydrogen (secondary N) is 2. The zero-order chi connectivity index (χ0) is 22.5. The molecule has 2 N–H and O–H groups in total. The molecule has 0 bridgehead atoms. The van der Waals surface area contributed by atoms with Gasteiger partial charge >= 0.3 is 0 Å². The standard InChI is InChI=1S/C24H26N4O4/c29-21-13-17(15-27(21)19-7-3-1-4-8-19)23(31)25-11-12-26-24(32)18-14-22(30)28(16-18)20-9-5-2-6-10-20/h1-10,17-18H,11-16H2,(H,25,31)(H,26,32)/t17-,18+. The average molecular weight is 434 g/mol. The number of benzene rings is 2. The third-order valence-corrected chi connectivity index (χ3v) is 5.85. The summed E-state index contributed by atoms with van der Waals surface area (Å²) in [6.45, 7) is 1.23. The number of hydrogen-bond donors (Lipinski definition) is 2. The summed E-state index contributed by atoms with van der Waals surface area (Å²) < 4.78 is 0. The van der Waals surface area contributed by atoms with E-state index in [9.17, 15) is 19.2 Å². The highest BCUT2D eigenvalue weighted by Gasteiger charge is 2.36. The largest absolute Gasteiger partial charge is 0.354 e. The van der Waals surface area contributed by atoms with Gasteiger partial charge in [-0.25, -0.2) is 0 Å². The number of hydrogen-bond acceptors (Lipinski definition) is 4. The Bertz CT molecular complexity index is 914. The number of para-hydroxylation sites is 2. The summed E-state index contributed by atoms with van der Waals surface area (Å²) >= 11 is 0. The lowest BCUT2D eigenvalue weighted by Gasteiger charge is -2.17. The zero-order valence-electron chi connectivity index (χ0n) is 17.7. The van der Waals surface area contributed by atoms with Crippen molar-refractivity contribution in [2.45, 2.75) is 12.8 Å². The molecular formula is C24H26N4O4. The van der Waals surface area contributed by atoms with Gasteiger partial charge in [0, 0.05) is 50.4 Å². The lowest BCUT2D eigenvalue weighted by Crippen LogP contribution is -2.40. The lowest BCUT2D eigenvalue weighted by atomic mass is 10.1. The van der Waals surface area contributed by atoms with Crippen LogP contribution in [0, 0.1) is 11.8 Å². The van der Waals surface area contributed by atoms with E-state index in [1.54, 1.807) is 9.80 Å². The fraction of sp³-hybridized carbons (Fsp3) is 0.333. The van der Waals surface area contributed by atoms with Crippen molar-refractivity contribution in [3.05, 3.63) is 60.7 Å². The van der Waals surface area contributed by atoms with Crippen molar-refractivity contribution in [2.75, 3.05) is 36.0 Å². The van der Waals surface area contributed by atoms with Crippen molar-refractivity contribution in [3.63, 3.8) is 0 Å². The summed E-state index contributed by atoms with van der Waals surface area (Å²) in [7, 11) is 0. The first-order chi connectivity index (χ1) is 15.5. The molecule has 8 nitrogen and oxygen atoms in total. The Morgan fingerprint density at radius 1 is 0.688 bits per heavy atom. The van der Waals surface area contributed by atoms with Crippen LogP contribution in [-0.2, 0) is 19.2 Å².